The van der Waals surface area contributed by atoms with E-state index in [0.717, 1.165) is 28.4 Å². The van der Waals surface area contributed by atoms with Crippen molar-refractivity contribution >= 4 is 17.2 Å². The second-order valence-corrected chi connectivity index (χ2v) is 4.46. The molecule has 0 unspecified atom stereocenters. The monoisotopic (exact) mass is 263 g/mol. The maximum absolute atomic E-state index is 11.1. The smallest absolute Gasteiger partial charge is 0.153 e. The number of aromatic nitrogens is 1. The standard InChI is InChI=1S/C17H13NO2/c1-20-17-9-7-13(10-14(17)11-19)16-8-6-12-4-2-3-5-15(12)18-16/h2-11H,1H3. The molecule has 0 saturated heterocycles. The van der Waals surface area contributed by atoms with Crippen molar-refractivity contribution in [3.05, 3.63) is 60.2 Å². The zero-order chi connectivity index (χ0) is 13.9. The van der Waals surface area contributed by atoms with Crippen LogP contribution in [0.15, 0.2) is 54.6 Å². The summed E-state index contributed by atoms with van der Waals surface area (Å²) in [4.78, 5) is 15.7. The van der Waals surface area contributed by atoms with Gasteiger partial charge in [-0.05, 0) is 30.3 Å². The van der Waals surface area contributed by atoms with Crippen LogP contribution in [0.2, 0.25) is 0 Å². The lowest BCUT2D eigenvalue weighted by Crippen LogP contribution is -1.92. The summed E-state index contributed by atoms with van der Waals surface area (Å²) in [5.74, 6) is 0.574. The normalized spacial score (nSPS) is 10.4. The largest absolute Gasteiger partial charge is 0.496 e. The third kappa shape index (κ3) is 2.14. The number of carbonyl (C=O) groups excluding carboxylic acids is 1. The van der Waals surface area contributed by atoms with E-state index in [4.69, 9.17) is 4.74 Å². The molecule has 0 saturated carbocycles. The highest BCUT2D eigenvalue weighted by Crippen LogP contribution is 2.26. The molecule has 0 bridgehead atoms. The number of ether oxygens (including phenoxy) is 1. The summed E-state index contributed by atoms with van der Waals surface area (Å²) in [5.41, 5.74) is 3.21. The van der Waals surface area contributed by atoms with E-state index in [2.05, 4.69) is 4.98 Å². The van der Waals surface area contributed by atoms with E-state index in [-0.39, 0.29) is 0 Å². The average Bonchev–Trinajstić information content (AvgIpc) is 2.53. The fourth-order valence-electron chi connectivity index (χ4n) is 2.21. The molecule has 1 heterocycles. The maximum atomic E-state index is 11.1. The Morgan fingerprint density at radius 1 is 1.05 bits per heavy atom. The first kappa shape index (κ1) is 12.4. The van der Waals surface area contributed by atoms with Crippen LogP contribution in [0.5, 0.6) is 5.75 Å². The van der Waals surface area contributed by atoms with Gasteiger partial charge in [0.2, 0.25) is 0 Å². The van der Waals surface area contributed by atoms with Gasteiger partial charge in [0.15, 0.2) is 6.29 Å². The summed E-state index contributed by atoms with van der Waals surface area (Å²) < 4.78 is 5.15. The summed E-state index contributed by atoms with van der Waals surface area (Å²) in [6.45, 7) is 0. The first-order valence-corrected chi connectivity index (χ1v) is 6.31. The molecule has 0 radical (unpaired) electrons. The Kier molecular flexibility index (Phi) is 3.17. The molecule has 3 heteroatoms. The Labute approximate surface area is 116 Å². The second kappa shape index (κ2) is 5.13. The Morgan fingerprint density at radius 2 is 1.90 bits per heavy atom. The molecular weight excluding hydrogens is 250 g/mol. The minimum Gasteiger partial charge on any atom is -0.496 e. The van der Waals surface area contributed by atoms with E-state index in [1.54, 1.807) is 19.2 Å². The number of benzene rings is 2. The van der Waals surface area contributed by atoms with Crippen molar-refractivity contribution in [3.8, 4) is 17.0 Å². The van der Waals surface area contributed by atoms with E-state index in [0.29, 0.717) is 11.3 Å². The first-order valence-electron chi connectivity index (χ1n) is 6.31. The minimum atomic E-state index is 0.528. The van der Waals surface area contributed by atoms with Crippen LogP contribution in [0, 0.1) is 0 Å². The predicted molar refractivity (Wildman–Crippen MR) is 79.1 cm³/mol. The van der Waals surface area contributed by atoms with Crippen molar-refractivity contribution in [1.29, 1.82) is 0 Å². The fraction of sp³-hybridized carbons (Fsp3) is 0.0588. The van der Waals surface area contributed by atoms with Gasteiger partial charge in [-0.1, -0.05) is 24.3 Å². The van der Waals surface area contributed by atoms with E-state index in [1.165, 1.54) is 0 Å². The topological polar surface area (TPSA) is 39.2 Å². The summed E-state index contributed by atoms with van der Waals surface area (Å²) in [6, 6.07) is 17.4. The lowest BCUT2D eigenvalue weighted by Gasteiger charge is -2.07. The van der Waals surface area contributed by atoms with E-state index in [1.807, 2.05) is 42.5 Å². The highest BCUT2D eigenvalue weighted by Gasteiger charge is 2.06. The molecule has 0 aliphatic carbocycles. The van der Waals surface area contributed by atoms with Crippen LogP contribution in [0.3, 0.4) is 0 Å². The van der Waals surface area contributed by atoms with Crippen LogP contribution >= 0.6 is 0 Å². The quantitative estimate of drug-likeness (QED) is 0.676. The molecule has 0 N–H and O–H groups in total. The fourth-order valence-corrected chi connectivity index (χ4v) is 2.21. The summed E-state index contributed by atoms with van der Waals surface area (Å²) in [6.07, 6.45) is 0.795. The zero-order valence-electron chi connectivity index (χ0n) is 11.0. The van der Waals surface area contributed by atoms with Crippen molar-refractivity contribution < 1.29 is 9.53 Å². The lowest BCUT2D eigenvalue weighted by atomic mass is 10.1. The van der Waals surface area contributed by atoms with E-state index in [9.17, 15) is 4.79 Å². The molecule has 1 aromatic heterocycles. The van der Waals surface area contributed by atoms with Crippen LogP contribution < -0.4 is 4.74 Å². The van der Waals surface area contributed by atoms with Crippen LogP contribution in [0.25, 0.3) is 22.2 Å². The molecule has 2 aromatic carbocycles. The van der Waals surface area contributed by atoms with Gasteiger partial charge < -0.3 is 4.74 Å². The number of carbonyl (C=O) groups is 1. The van der Waals surface area contributed by atoms with Gasteiger partial charge in [-0.2, -0.15) is 0 Å². The molecule has 98 valence electrons. The van der Waals surface area contributed by atoms with Crippen molar-refractivity contribution in [3.63, 3.8) is 0 Å². The number of hydrogen-bond donors (Lipinski definition) is 0. The number of aldehydes is 1. The van der Waals surface area contributed by atoms with Crippen molar-refractivity contribution in [2.75, 3.05) is 7.11 Å². The first-order chi connectivity index (χ1) is 9.81. The number of rotatable bonds is 3. The van der Waals surface area contributed by atoms with Gasteiger partial charge in [0, 0.05) is 10.9 Å². The van der Waals surface area contributed by atoms with Gasteiger partial charge in [-0.3, -0.25) is 4.79 Å². The van der Waals surface area contributed by atoms with E-state index >= 15 is 0 Å². The van der Waals surface area contributed by atoms with E-state index < -0.39 is 0 Å². The molecule has 0 spiro atoms. The van der Waals surface area contributed by atoms with Gasteiger partial charge in [-0.15, -0.1) is 0 Å². The molecule has 0 amide bonds. The third-order valence-corrected chi connectivity index (χ3v) is 3.25. The minimum absolute atomic E-state index is 0.528. The van der Waals surface area contributed by atoms with Crippen LogP contribution in [0.4, 0.5) is 0 Å². The van der Waals surface area contributed by atoms with Gasteiger partial charge in [-0.25, -0.2) is 4.98 Å². The zero-order valence-corrected chi connectivity index (χ0v) is 11.0. The predicted octanol–water partition coefficient (Wildman–Crippen LogP) is 3.72. The molecule has 0 fully saturated rings. The van der Waals surface area contributed by atoms with Crippen LogP contribution in [-0.4, -0.2) is 18.4 Å². The van der Waals surface area contributed by atoms with Gasteiger partial charge in [0.1, 0.15) is 5.75 Å². The van der Waals surface area contributed by atoms with Crippen molar-refractivity contribution in [1.82, 2.24) is 4.98 Å². The number of pyridine rings is 1. The highest BCUT2D eigenvalue weighted by molar-refractivity contribution is 5.85. The van der Waals surface area contributed by atoms with Gasteiger partial charge >= 0.3 is 0 Å². The molecule has 0 aliphatic rings. The molecule has 3 aromatic rings. The van der Waals surface area contributed by atoms with Crippen molar-refractivity contribution in [2.24, 2.45) is 0 Å². The maximum Gasteiger partial charge on any atom is 0.153 e. The Balaban J connectivity index is 2.12. The number of fused-ring (bicyclic) bond motifs is 1. The third-order valence-electron chi connectivity index (χ3n) is 3.25. The molecule has 0 atom stereocenters. The molecule has 20 heavy (non-hydrogen) atoms. The summed E-state index contributed by atoms with van der Waals surface area (Å²) >= 11 is 0. The Hall–Kier alpha value is -2.68. The number of para-hydroxylation sites is 1. The molecule has 0 aliphatic heterocycles. The number of methoxy groups -OCH3 is 1. The summed E-state index contributed by atoms with van der Waals surface area (Å²) in [5, 5.41) is 1.10. The number of nitrogens with zero attached hydrogens (tertiary/aromatic N) is 1. The van der Waals surface area contributed by atoms with Crippen molar-refractivity contribution in [2.45, 2.75) is 0 Å². The highest BCUT2D eigenvalue weighted by atomic mass is 16.5. The molecule has 3 rings (SSSR count). The second-order valence-electron chi connectivity index (χ2n) is 4.46. The van der Waals surface area contributed by atoms with Gasteiger partial charge in [0.05, 0.1) is 23.9 Å². The Bertz CT molecular complexity index is 781. The van der Waals surface area contributed by atoms with Crippen LogP contribution in [-0.2, 0) is 0 Å². The SMILES string of the molecule is COc1ccc(-c2ccc3ccccc3n2)cc1C=O. The molecular formula is C17H13NO2. The average molecular weight is 263 g/mol. The van der Waals surface area contributed by atoms with Gasteiger partial charge in [0.25, 0.3) is 0 Å². The Morgan fingerprint density at radius 3 is 2.70 bits per heavy atom. The lowest BCUT2D eigenvalue weighted by molar-refractivity contribution is 0.112. The summed E-state index contributed by atoms with van der Waals surface area (Å²) in [7, 11) is 1.55. The number of hydrogen-bond acceptors (Lipinski definition) is 3. The van der Waals surface area contributed by atoms with Crippen LogP contribution in [0.1, 0.15) is 10.4 Å². The molecule has 3 nitrogen and oxygen atoms in total.